The minimum atomic E-state index is -2.73. The third kappa shape index (κ3) is 3.66. The molecule has 4 nitrogen and oxygen atoms in total. The molecule has 1 aliphatic heterocycles. The number of rotatable bonds is 3. The smallest absolute Gasteiger partial charge is 0.152 e. The molecule has 1 N–H and O–H groups in total. The lowest BCUT2D eigenvalue weighted by Crippen LogP contribution is -2.47. The van der Waals surface area contributed by atoms with Crippen molar-refractivity contribution in [3.8, 4) is 0 Å². The molecule has 0 radical (unpaired) electrons. The summed E-state index contributed by atoms with van der Waals surface area (Å²) in [6, 6.07) is 0.638. The molecule has 1 saturated heterocycles. The van der Waals surface area contributed by atoms with Crippen molar-refractivity contribution in [1.29, 1.82) is 0 Å². The van der Waals surface area contributed by atoms with Crippen LogP contribution in [-0.4, -0.2) is 57.5 Å². The fourth-order valence-corrected chi connectivity index (χ4v) is 4.32. The molecule has 0 amide bonds. The summed E-state index contributed by atoms with van der Waals surface area (Å²) in [4.78, 5) is 2.40. The minimum absolute atomic E-state index is 0.365. The molecule has 1 heterocycles. The van der Waals surface area contributed by atoms with Gasteiger partial charge in [0.05, 0.1) is 11.5 Å². The Balaban J connectivity index is 1.78. The first-order valence-electron chi connectivity index (χ1n) is 6.70. The van der Waals surface area contributed by atoms with E-state index in [1.165, 1.54) is 25.7 Å². The molecule has 0 aromatic carbocycles. The zero-order chi connectivity index (χ0) is 12.3. The highest BCUT2D eigenvalue weighted by atomic mass is 32.2. The van der Waals surface area contributed by atoms with Gasteiger partial charge in [-0.15, -0.1) is 0 Å². The van der Waals surface area contributed by atoms with E-state index in [1.54, 1.807) is 0 Å². The molecule has 5 heteroatoms. The Morgan fingerprint density at radius 2 is 1.71 bits per heavy atom. The summed E-state index contributed by atoms with van der Waals surface area (Å²) in [6.07, 6.45) is 5.06. The van der Waals surface area contributed by atoms with Gasteiger partial charge in [0.1, 0.15) is 0 Å². The zero-order valence-electron chi connectivity index (χ0n) is 10.7. The molecule has 1 aliphatic carbocycles. The van der Waals surface area contributed by atoms with Crippen LogP contribution in [0.5, 0.6) is 0 Å². The van der Waals surface area contributed by atoms with Crippen molar-refractivity contribution in [3.63, 3.8) is 0 Å². The van der Waals surface area contributed by atoms with Crippen LogP contribution in [-0.2, 0) is 9.84 Å². The highest BCUT2D eigenvalue weighted by molar-refractivity contribution is 7.91. The summed E-state index contributed by atoms with van der Waals surface area (Å²) in [5, 5.41) is 3.25. The normalized spacial score (nSPS) is 34.6. The van der Waals surface area contributed by atoms with Crippen molar-refractivity contribution in [2.75, 3.05) is 38.2 Å². The molecular formula is C12H24N2O2S. The Bertz CT molecular complexity index is 320. The van der Waals surface area contributed by atoms with E-state index in [0.29, 0.717) is 17.5 Å². The molecule has 0 aromatic rings. The third-order valence-corrected chi connectivity index (χ3v) is 5.81. The van der Waals surface area contributed by atoms with Crippen LogP contribution in [0.1, 0.15) is 25.7 Å². The van der Waals surface area contributed by atoms with Crippen LogP contribution in [0.15, 0.2) is 0 Å². The molecule has 1 saturated carbocycles. The lowest BCUT2D eigenvalue weighted by molar-refractivity contribution is 0.146. The quantitative estimate of drug-likeness (QED) is 0.802. The van der Waals surface area contributed by atoms with Crippen LogP contribution in [0.25, 0.3) is 0 Å². The molecule has 0 aromatic heterocycles. The largest absolute Gasteiger partial charge is 0.319 e. The summed E-state index contributed by atoms with van der Waals surface area (Å²) < 4.78 is 22.8. The highest BCUT2D eigenvalue weighted by Crippen LogP contribution is 2.27. The number of sulfone groups is 1. The Morgan fingerprint density at radius 3 is 2.24 bits per heavy atom. The van der Waals surface area contributed by atoms with Gasteiger partial charge < -0.3 is 5.32 Å². The van der Waals surface area contributed by atoms with Gasteiger partial charge in [-0.1, -0.05) is 0 Å². The average Bonchev–Trinajstić information content (AvgIpc) is 2.31. The van der Waals surface area contributed by atoms with Crippen LogP contribution in [0.4, 0.5) is 0 Å². The second kappa shape index (κ2) is 5.67. The average molecular weight is 260 g/mol. The Morgan fingerprint density at radius 1 is 1.12 bits per heavy atom. The Kier molecular flexibility index (Phi) is 4.44. The number of nitrogens with one attached hydrogen (secondary N) is 1. The van der Waals surface area contributed by atoms with E-state index in [2.05, 4.69) is 10.2 Å². The summed E-state index contributed by atoms with van der Waals surface area (Å²) in [6.45, 7) is 2.63. The first kappa shape index (κ1) is 13.3. The van der Waals surface area contributed by atoms with E-state index >= 15 is 0 Å². The van der Waals surface area contributed by atoms with E-state index in [9.17, 15) is 8.42 Å². The predicted octanol–water partition coefficient (Wildman–Crippen LogP) is 0.495. The first-order chi connectivity index (χ1) is 8.11. The number of nitrogens with zero attached hydrogens (tertiary/aromatic N) is 1. The fourth-order valence-electron chi connectivity index (χ4n) is 3.09. The van der Waals surface area contributed by atoms with Gasteiger partial charge >= 0.3 is 0 Å². The molecule has 100 valence electrons. The second-order valence-electron chi connectivity index (χ2n) is 5.42. The molecule has 2 fully saturated rings. The molecule has 0 spiro atoms. The van der Waals surface area contributed by atoms with E-state index in [1.807, 2.05) is 7.05 Å². The number of hydrogen-bond acceptors (Lipinski definition) is 4. The molecule has 0 atom stereocenters. The summed E-state index contributed by atoms with van der Waals surface area (Å²) in [7, 11) is -0.710. The SMILES string of the molecule is CNCC1CCC(N2CCS(=O)(=O)CC2)CC1. The summed E-state index contributed by atoms with van der Waals surface area (Å²) in [5.41, 5.74) is 0. The van der Waals surface area contributed by atoms with Crippen molar-refractivity contribution < 1.29 is 8.42 Å². The third-order valence-electron chi connectivity index (χ3n) is 4.20. The van der Waals surface area contributed by atoms with E-state index < -0.39 is 9.84 Å². The van der Waals surface area contributed by atoms with Gasteiger partial charge in [-0.2, -0.15) is 0 Å². The Hall–Kier alpha value is -0.130. The van der Waals surface area contributed by atoms with Crippen molar-refractivity contribution in [2.24, 2.45) is 5.92 Å². The molecule has 2 rings (SSSR count). The Labute approximate surface area is 105 Å². The van der Waals surface area contributed by atoms with Gasteiger partial charge in [0.15, 0.2) is 9.84 Å². The van der Waals surface area contributed by atoms with Crippen molar-refractivity contribution >= 4 is 9.84 Å². The highest BCUT2D eigenvalue weighted by Gasteiger charge is 2.29. The van der Waals surface area contributed by atoms with E-state index in [0.717, 1.165) is 25.6 Å². The topological polar surface area (TPSA) is 49.4 Å². The summed E-state index contributed by atoms with van der Waals surface area (Å²) in [5.74, 6) is 1.55. The fraction of sp³-hybridized carbons (Fsp3) is 1.00. The predicted molar refractivity (Wildman–Crippen MR) is 69.9 cm³/mol. The van der Waals surface area contributed by atoms with Crippen LogP contribution in [0.2, 0.25) is 0 Å². The van der Waals surface area contributed by atoms with Crippen LogP contribution in [0.3, 0.4) is 0 Å². The van der Waals surface area contributed by atoms with Gasteiger partial charge in [-0.05, 0) is 45.2 Å². The van der Waals surface area contributed by atoms with Gasteiger partial charge in [0.2, 0.25) is 0 Å². The van der Waals surface area contributed by atoms with Gasteiger partial charge in [0.25, 0.3) is 0 Å². The van der Waals surface area contributed by atoms with E-state index in [-0.39, 0.29) is 0 Å². The maximum Gasteiger partial charge on any atom is 0.152 e. The van der Waals surface area contributed by atoms with Gasteiger partial charge in [-0.3, -0.25) is 4.90 Å². The van der Waals surface area contributed by atoms with Gasteiger partial charge in [-0.25, -0.2) is 8.42 Å². The lowest BCUT2D eigenvalue weighted by atomic mass is 9.85. The summed E-state index contributed by atoms with van der Waals surface area (Å²) >= 11 is 0. The molecule has 0 unspecified atom stereocenters. The lowest BCUT2D eigenvalue weighted by Gasteiger charge is -2.38. The zero-order valence-corrected chi connectivity index (χ0v) is 11.5. The van der Waals surface area contributed by atoms with Crippen LogP contribution in [0, 0.1) is 5.92 Å². The monoisotopic (exact) mass is 260 g/mol. The minimum Gasteiger partial charge on any atom is -0.319 e. The molecular weight excluding hydrogens is 236 g/mol. The van der Waals surface area contributed by atoms with E-state index in [4.69, 9.17) is 0 Å². The molecule has 0 bridgehead atoms. The molecule has 2 aliphatic rings. The van der Waals surface area contributed by atoms with Crippen LogP contribution >= 0.6 is 0 Å². The molecule has 17 heavy (non-hydrogen) atoms. The second-order valence-corrected chi connectivity index (χ2v) is 7.72. The standard InChI is InChI=1S/C12H24N2O2S/c1-13-10-11-2-4-12(5-3-11)14-6-8-17(15,16)9-7-14/h11-13H,2-10H2,1H3. The van der Waals surface area contributed by atoms with Crippen LogP contribution < -0.4 is 5.32 Å². The maximum atomic E-state index is 11.4. The van der Waals surface area contributed by atoms with Crippen molar-refractivity contribution in [2.45, 2.75) is 31.7 Å². The van der Waals surface area contributed by atoms with Crippen molar-refractivity contribution in [3.05, 3.63) is 0 Å². The van der Waals surface area contributed by atoms with Crippen molar-refractivity contribution in [1.82, 2.24) is 10.2 Å². The first-order valence-corrected chi connectivity index (χ1v) is 8.52. The maximum absolute atomic E-state index is 11.4. The van der Waals surface area contributed by atoms with Gasteiger partial charge in [0, 0.05) is 19.1 Å². The number of hydrogen-bond donors (Lipinski definition) is 1.